The van der Waals surface area contributed by atoms with E-state index in [-0.39, 0.29) is 40.5 Å². The minimum atomic E-state index is -0.532. The van der Waals surface area contributed by atoms with Crippen LogP contribution in [0, 0.1) is 34.5 Å². The van der Waals surface area contributed by atoms with E-state index in [0.717, 1.165) is 32.1 Å². The molecular weight excluding hydrogens is 374 g/mol. The third-order valence-electron chi connectivity index (χ3n) is 9.02. The van der Waals surface area contributed by atoms with Crippen LogP contribution >= 0.6 is 0 Å². The van der Waals surface area contributed by atoms with Gasteiger partial charge in [0.1, 0.15) is 0 Å². The number of rotatable bonds is 3. The molecule has 1 heterocycles. The second-order valence-electron chi connectivity index (χ2n) is 10.0. The summed E-state index contributed by atoms with van der Waals surface area (Å²) in [4.78, 5) is 12.7. The van der Waals surface area contributed by atoms with Crippen molar-refractivity contribution < 1.29 is 29.3 Å². The largest absolute Gasteiger partial charge is 0.469 e. The third kappa shape index (κ3) is 3.03. The van der Waals surface area contributed by atoms with Gasteiger partial charge < -0.3 is 24.5 Å². The zero-order chi connectivity index (χ0) is 20.9. The molecule has 29 heavy (non-hydrogen) atoms. The summed E-state index contributed by atoms with van der Waals surface area (Å²) in [7, 11) is 1.42. The Morgan fingerprint density at radius 3 is 2.45 bits per heavy atom. The lowest BCUT2D eigenvalue weighted by atomic mass is 9.49. The summed E-state index contributed by atoms with van der Waals surface area (Å²) in [6, 6.07) is 0. The topological polar surface area (TPSA) is 97.6 Å². The number of aliphatic hydroxyl groups excluding tert-OH is 1. The molecule has 1 aliphatic heterocycles. The Labute approximate surface area is 172 Å². The van der Waals surface area contributed by atoms with E-state index in [9.17, 15) is 15.1 Å². The minimum Gasteiger partial charge on any atom is -0.469 e. The molecule has 1 saturated heterocycles. The Kier molecular flexibility index (Phi) is 5.45. The van der Waals surface area contributed by atoms with Crippen LogP contribution < -0.4 is 0 Å². The lowest BCUT2D eigenvalue weighted by Crippen LogP contribution is -2.56. The maximum absolute atomic E-state index is 12.7. The van der Waals surface area contributed by atoms with Crippen LogP contribution in [-0.2, 0) is 19.0 Å². The predicted molar refractivity (Wildman–Crippen MR) is 105 cm³/mol. The maximum atomic E-state index is 12.7. The lowest BCUT2D eigenvalue weighted by molar-refractivity contribution is -0.240. The van der Waals surface area contributed by atoms with Crippen LogP contribution in [-0.4, -0.2) is 54.7 Å². The first-order valence-corrected chi connectivity index (χ1v) is 11.0. The van der Waals surface area contributed by atoms with E-state index >= 15 is 0 Å². The number of nitrogens with zero attached hydrogens (tertiary/aromatic N) is 1. The van der Waals surface area contributed by atoms with Gasteiger partial charge in [-0.2, -0.15) is 0 Å². The van der Waals surface area contributed by atoms with Gasteiger partial charge in [0.05, 0.1) is 32.3 Å². The maximum Gasteiger partial charge on any atom is 0.309 e. The van der Waals surface area contributed by atoms with Crippen molar-refractivity contribution in [1.82, 2.24) is 0 Å². The molecule has 4 fully saturated rings. The molecule has 0 aromatic carbocycles. The Hall–Kier alpha value is -1.18. The molecule has 0 aromatic rings. The van der Waals surface area contributed by atoms with Crippen LogP contribution in [0.2, 0.25) is 0 Å². The average molecular weight is 410 g/mol. The molecule has 0 unspecified atom stereocenters. The zero-order valence-electron chi connectivity index (χ0n) is 17.8. The van der Waals surface area contributed by atoms with Crippen molar-refractivity contribution in [3.8, 4) is 0 Å². The number of ether oxygens (including phenoxy) is 3. The molecule has 0 amide bonds. The van der Waals surface area contributed by atoms with Gasteiger partial charge in [0.2, 0.25) is 0 Å². The van der Waals surface area contributed by atoms with Gasteiger partial charge in [-0.25, -0.2) is 0 Å². The fraction of sp³-hybridized carbons (Fsp3) is 0.909. The average Bonchev–Trinajstić information content (AvgIpc) is 3.30. The molecule has 7 nitrogen and oxygen atoms in total. The number of methoxy groups -OCH3 is 1. The van der Waals surface area contributed by atoms with Gasteiger partial charge in [-0.05, 0) is 55.8 Å². The quantitative estimate of drug-likeness (QED) is 0.322. The first-order valence-electron chi connectivity index (χ1n) is 11.0. The standard InChI is InChI=1S/C22H35NO6/c1-20(7-4-14(24)12-18(20)19(25)27-3)16-5-8-21(2)17(15(16)13-23-26)6-9-22(21)28-10-11-29-22/h13-18,24,26H,4-12H2,1-3H3/t14-,15+,16-,17-,18+,20+,21-/m0/s1. The molecule has 164 valence electrons. The Balaban J connectivity index is 1.68. The monoisotopic (exact) mass is 409 g/mol. The molecular formula is C22H35NO6. The number of hydrogen-bond donors (Lipinski definition) is 2. The van der Waals surface area contributed by atoms with Gasteiger partial charge >= 0.3 is 5.97 Å². The second-order valence-corrected chi connectivity index (χ2v) is 10.0. The number of hydrogen-bond acceptors (Lipinski definition) is 7. The Bertz CT molecular complexity index is 662. The lowest BCUT2D eigenvalue weighted by Gasteiger charge is -2.56. The second kappa shape index (κ2) is 7.50. The van der Waals surface area contributed by atoms with Crippen molar-refractivity contribution >= 4 is 12.2 Å². The van der Waals surface area contributed by atoms with Crippen molar-refractivity contribution in [2.75, 3.05) is 20.3 Å². The van der Waals surface area contributed by atoms with Crippen molar-refractivity contribution in [2.45, 2.75) is 70.7 Å². The molecule has 3 saturated carbocycles. The molecule has 0 bridgehead atoms. The summed E-state index contributed by atoms with van der Waals surface area (Å²) in [5, 5.41) is 23.2. The summed E-state index contributed by atoms with van der Waals surface area (Å²) < 4.78 is 17.5. The molecule has 3 aliphatic carbocycles. The van der Waals surface area contributed by atoms with Crippen molar-refractivity contribution in [1.29, 1.82) is 0 Å². The van der Waals surface area contributed by atoms with Crippen molar-refractivity contribution in [2.24, 2.45) is 39.7 Å². The fourth-order valence-electron chi connectivity index (χ4n) is 7.40. The molecule has 0 radical (unpaired) electrons. The van der Waals surface area contributed by atoms with E-state index in [1.165, 1.54) is 7.11 Å². The van der Waals surface area contributed by atoms with Gasteiger partial charge in [0.25, 0.3) is 0 Å². The van der Waals surface area contributed by atoms with Gasteiger partial charge in [0.15, 0.2) is 5.79 Å². The van der Waals surface area contributed by atoms with E-state index in [2.05, 4.69) is 19.0 Å². The molecule has 4 rings (SSSR count). The number of carbonyl (C=O) groups excluding carboxylic acids is 1. The molecule has 4 aliphatic rings. The summed E-state index contributed by atoms with van der Waals surface area (Å²) in [5.74, 6) is -0.672. The van der Waals surface area contributed by atoms with Gasteiger partial charge in [-0.3, -0.25) is 4.79 Å². The van der Waals surface area contributed by atoms with Crippen LogP contribution in [0.4, 0.5) is 0 Å². The van der Waals surface area contributed by atoms with E-state index in [4.69, 9.17) is 14.2 Å². The van der Waals surface area contributed by atoms with Gasteiger partial charge in [0, 0.05) is 24.0 Å². The van der Waals surface area contributed by atoms with E-state index in [1.807, 2.05) is 0 Å². The number of oxime groups is 1. The predicted octanol–water partition coefficient (Wildman–Crippen LogP) is 2.97. The van der Waals surface area contributed by atoms with E-state index in [1.54, 1.807) is 6.21 Å². The van der Waals surface area contributed by atoms with E-state index in [0.29, 0.717) is 26.1 Å². The normalized spacial score (nSPS) is 46.8. The van der Waals surface area contributed by atoms with E-state index < -0.39 is 11.9 Å². The van der Waals surface area contributed by atoms with Gasteiger partial charge in [-0.1, -0.05) is 13.8 Å². The fourth-order valence-corrected chi connectivity index (χ4v) is 7.40. The Morgan fingerprint density at radius 2 is 1.79 bits per heavy atom. The molecule has 1 spiro atoms. The highest BCUT2D eigenvalue weighted by molar-refractivity contribution is 5.74. The van der Waals surface area contributed by atoms with Crippen molar-refractivity contribution in [3.05, 3.63) is 0 Å². The smallest absolute Gasteiger partial charge is 0.309 e. The SMILES string of the molecule is COC(=O)[C@H]1C[C@@H](O)CC[C@]1(C)[C@H]1CC[C@@]2(C)[C@@H](CCC23OCCO3)[C@@H]1C=NO. The number of fused-ring (bicyclic) bond motifs is 2. The molecule has 7 atom stereocenters. The third-order valence-corrected chi connectivity index (χ3v) is 9.02. The van der Waals surface area contributed by atoms with Crippen LogP contribution in [0.3, 0.4) is 0 Å². The minimum absolute atomic E-state index is 0.0262. The van der Waals surface area contributed by atoms with Crippen LogP contribution in [0.5, 0.6) is 0 Å². The van der Waals surface area contributed by atoms with Crippen LogP contribution in [0.25, 0.3) is 0 Å². The van der Waals surface area contributed by atoms with Crippen molar-refractivity contribution in [3.63, 3.8) is 0 Å². The number of carbonyl (C=O) groups is 1. The number of aliphatic hydroxyl groups is 1. The number of esters is 1. The zero-order valence-corrected chi connectivity index (χ0v) is 17.8. The first-order chi connectivity index (χ1) is 13.8. The highest BCUT2D eigenvalue weighted by Crippen LogP contribution is 2.66. The van der Waals surface area contributed by atoms with Crippen LogP contribution in [0.1, 0.15) is 58.8 Å². The molecule has 2 N–H and O–H groups in total. The molecule has 0 aromatic heterocycles. The first kappa shape index (κ1) is 21.1. The summed E-state index contributed by atoms with van der Waals surface area (Å²) in [5.41, 5.74) is -0.455. The van der Waals surface area contributed by atoms with Crippen LogP contribution in [0.15, 0.2) is 5.16 Å². The van der Waals surface area contributed by atoms with Gasteiger partial charge in [-0.15, -0.1) is 5.16 Å². The summed E-state index contributed by atoms with van der Waals surface area (Å²) in [6.45, 7) is 5.68. The summed E-state index contributed by atoms with van der Waals surface area (Å²) in [6.07, 6.45) is 6.74. The molecule has 7 heteroatoms. The highest BCUT2D eigenvalue weighted by Gasteiger charge is 2.66. The summed E-state index contributed by atoms with van der Waals surface area (Å²) >= 11 is 0. The highest BCUT2D eigenvalue weighted by atomic mass is 16.7. The Morgan fingerprint density at radius 1 is 1.10 bits per heavy atom.